The van der Waals surface area contributed by atoms with Crippen LogP contribution in [0.25, 0.3) is 0 Å². The third-order valence-electron chi connectivity index (χ3n) is 2.36. The maximum atomic E-state index is 5.55. The molecule has 98 valence electrons. The average Bonchev–Trinajstić information content (AvgIpc) is 2.70. The van der Waals surface area contributed by atoms with Crippen LogP contribution >= 0.6 is 15.9 Å². The van der Waals surface area contributed by atoms with E-state index in [4.69, 9.17) is 15.3 Å². The van der Waals surface area contributed by atoms with Crippen LogP contribution in [-0.2, 0) is 16.0 Å². The Labute approximate surface area is 110 Å². The lowest BCUT2D eigenvalue weighted by Gasteiger charge is -2.18. The number of nitrogens with zero attached hydrogens (tertiary/aromatic N) is 2. The minimum Gasteiger partial charge on any atom is -0.383 e. The van der Waals surface area contributed by atoms with Crippen molar-refractivity contribution in [2.45, 2.75) is 19.5 Å². The number of hydrogen-bond acceptors (Lipinski definition) is 5. The molecule has 0 spiro atoms. The number of nitrogens with two attached hydrogens (primary N) is 1. The van der Waals surface area contributed by atoms with Gasteiger partial charge in [-0.2, -0.15) is 5.10 Å². The molecule has 0 bridgehead atoms. The molecule has 0 saturated heterocycles. The van der Waals surface area contributed by atoms with Gasteiger partial charge in [0.2, 0.25) is 0 Å². The highest BCUT2D eigenvalue weighted by molar-refractivity contribution is 9.10. The summed E-state index contributed by atoms with van der Waals surface area (Å²) in [7, 11) is 1.66. The smallest absolute Gasteiger partial charge is 0.0873 e. The third-order valence-corrected chi connectivity index (χ3v) is 2.97. The topological polar surface area (TPSA) is 74.3 Å². The van der Waals surface area contributed by atoms with Gasteiger partial charge >= 0.3 is 0 Å². The summed E-state index contributed by atoms with van der Waals surface area (Å²) in [5.41, 5.74) is 3.71. The standard InChI is InChI=1S/C10H19BrN4O2/c1-3-17-7-9(14-12)10-8(11)6-13-15(10)4-5-16-2/h6,9,14H,3-5,7,12H2,1-2H3. The number of halogens is 1. The Hall–Kier alpha value is -0.470. The van der Waals surface area contributed by atoms with Gasteiger partial charge in [0, 0.05) is 13.7 Å². The van der Waals surface area contributed by atoms with Crippen molar-refractivity contribution in [3.8, 4) is 0 Å². The number of methoxy groups -OCH3 is 1. The summed E-state index contributed by atoms with van der Waals surface area (Å²) in [5.74, 6) is 5.55. The van der Waals surface area contributed by atoms with E-state index in [9.17, 15) is 0 Å². The molecule has 1 aromatic rings. The molecule has 0 aliphatic rings. The van der Waals surface area contributed by atoms with Crippen LogP contribution in [0.2, 0.25) is 0 Å². The van der Waals surface area contributed by atoms with Gasteiger partial charge in [0.15, 0.2) is 0 Å². The summed E-state index contributed by atoms with van der Waals surface area (Å²) >= 11 is 3.47. The van der Waals surface area contributed by atoms with Gasteiger partial charge < -0.3 is 9.47 Å². The number of hydrogen-bond donors (Lipinski definition) is 2. The first-order chi connectivity index (χ1) is 8.24. The van der Waals surface area contributed by atoms with Gasteiger partial charge in [-0.1, -0.05) is 0 Å². The SMILES string of the molecule is CCOCC(NN)c1c(Br)cnn1CCOC. The zero-order chi connectivity index (χ0) is 12.7. The fourth-order valence-corrected chi connectivity index (χ4v) is 2.09. The molecule has 1 rings (SSSR count). The fourth-order valence-electron chi connectivity index (χ4n) is 1.52. The lowest BCUT2D eigenvalue weighted by molar-refractivity contribution is 0.118. The normalized spacial score (nSPS) is 12.9. The second-order valence-corrected chi connectivity index (χ2v) is 4.33. The highest BCUT2D eigenvalue weighted by Gasteiger charge is 2.19. The van der Waals surface area contributed by atoms with Crippen molar-refractivity contribution < 1.29 is 9.47 Å². The Morgan fingerprint density at radius 2 is 2.41 bits per heavy atom. The van der Waals surface area contributed by atoms with E-state index in [1.807, 2.05) is 11.6 Å². The van der Waals surface area contributed by atoms with Gasteiger partial charge in [-0.05, 0) is 22.9 Å². The average molecular weight is 307 g/mol. The highest BCUT2D eigenvalue weighted by atomic mass is 79.9. The number of rotatable bonds is 8. The van der Waals surface area contributed by atoms with Crippen LogP contribution < -0.4 is 11.3 Å². The van der Waals surface area contributed by atoms with Crippen LogP contribution in [0.15, 0.2) is 10.7 Å². The van der Waals surface area contributed by atoms with Crippen molar-refractivity contribution in [2.75, 3.05) is 26.9 Å². The van der Waals surface area contributed by atoms with Crippen molar-refractivity contribution in [3.05, 3.63) is 16.4 Å². The summed E-state index contributed by atoms with van der Waals surface area (Å²) in [4.78, 5) is 0. The van der Waals surface area contributed by atoms with Crippen LogP contribution in [-0.4, -0.2) is 36.7 Å². The molecule has 7 heteroatoms. The van der Waals surface area contributed by atoms with Gasteiger partial charge in [-0.25, -0.2) is 5.43 Å². The molecule has 1 unspecified atom stereocenters. The monoisotopic (exact) mass is 306 g/mol. The van der Waals surface area contributed by atoms with Crippen LogP contribution in [0.5, 0.6) is 0 Å². The lowest BCUT2D eigenvalue weighted by Crippen LogP contribution is -2.33. The lowest BCUT2D eigenvalue weighted by atomic mass is 10.2. The molecule has 0 saturated carbocycles. The van der Waals surface area contributed by atoms with Gasteiger partial charge in [0.05, 0.1) is 42.2 Å². The van der Waals surface area contributed by atoms with Crippen molar-refractivity contribution in [2.24, 2.45) is 5.84 Å². The van der Waals surface area contributed by atoms with Crippen LogP contribution in [0.3, 0.4) is 0 Å². The van der Waals surface area contributed by atoms with E-state index in [2.05, 4.69) is 26.5 Å². The minimum atomic E-state index is -0.0938. The largest absolute Gasteiger partial charge is 0.383 e. The molecular weight excluding hydrogens is 288 g/mol. The van der Waals surface area contributed by atoms with E-state index in [0.717, 1.165) is 10.2 Å². The Kier molecular flexibility index (Phi) is 6.68. The zero-order valence-electron chi connectivity index (χ0n) is 10.1. The predicted molar refractivity (Wildman–Crippen MR) is 68.4 cm³/mol. The Bertz CT molecular complexity index is 332. The Morgan fingerprint density at radius 1 is 1.65 bits per heavy atom. The first-order valence-electron chi connectivity index (χ1n) is 5.48. The molecule has 0 amide bonds. The van der Waals surface area contributed by atoms with E-state index in [0.29, 0.717) is 26.4 Å². The third kappa shape index (κ3) is 4.04. The molecule has 1 atom stereocenters. The maximum absolute atomic E-state index is 5.55. The molecule has 0 radical (unpaired) electrons. The molecule has 3 N–H and O–H groups in total. The predicted octanol–water partition coefficient (Wildman–Crippen LogP) is 0.833. The second kappa shape index (κ2) is 7.78. The van der Waals surface area contributed by atoms with Gasteiger partial charge in [-0.15, -0.1) is 0 Å². The molecule has 0 aliphatic heterocycles. The molecule has 1 aromatic heterocycles. The van der Waals surface area contributed by atoms with E-state index < -0.39 is 0 Å². The van der Waals surface area contributed by atoms with Gasteiger partial charge in [0.1, 0.15) is 0 Å². The number of ether oxygens (including phenoxy) is 2. The minimum absolute atomic E-state index is 0.0938. The van der Waals surface area contributed by atoms with Crippen LogP contribution in [0, 0.1) is 0 Å². The molecule has 17 heavy (non-hydrogen) atoms. The Balaban J connectivity index is 2.80. The van der Waals surface area contributed by atoms with Gasteiger partial charge in [-0.3, -0.25) is 10.5 Å². The van der Waals surface area contributed by atoms with Crippen LogP contribution in [0.1, 0.15) is 18.7 Å². The molecule has 0 aliphatic carbocycles. The van der Waals surface area contributed by atoms with Crippen molar-refractivity contribution >= 4 is 15.9 Å². The maximum Gasteiger partial charge on any atom is 0.0873 e. The first kappa shape index (κ1) is 14.6. The molecular formula is C10H19BrN4O2. The number of hydrazine groups is 1. The number of aromatic nitrogens is 2. The van der Waals surface area contributed by atoms with E-state index >= 15 is 0 Å². The quantitative estimate of drug-likeness (QED) is 0.550. The first-order valence-corrected chi connectivity index (χ1v) is 6.27. The Morgan fingerprint density at radius 3 is 3.00 bits per heavy atom. The van der Waals surface area contributed by atoms with Crippen molar-refractivity contribution in [1.29, 1.82) is 0 Å². The summed E-state index contributed by atoms with van der Waals surface area (Å²) < 4.78 is 13.2. The van der Waals surface area contributed by atoms with Crippen molar-refractivity contribution in [3.63, 3.8) is 0 Å². The fraction of sp³-hybridized carbons (Fsp3) is 0.700. The molecule has 1 heterocycles. The van der Waals surface area contributed by atoms with E-state index in [1.165, 1.54) is 0 Å². The van der Waals surface area contributed by atoms with Crippen LogP contribution in [0.4, 0.5) is 0 Å². The second-order valence-electron chi connectivity index (χ2n) is 3.47. The van der Waals surface area contributed by atoms with Crippen molar-refractivity contribution in [1.82, 2.24) is 15.2 Å². The summed E-state index contributed by atoms with van der Waals surface area (Å²) in [6, 6.07) is -0.0938. The highest BCUT2D eigenvalue weighted by Crippen LogP contribution is 2.23. The summed E-state index contributed by atoms with van der Waals surface area (Å²) in [6.07, 6.45) is 1.75. The van der Waals surface area contributed by atoms with Gasteiger partial charge in [0.25, 0.3) is 0 Å². The summed E-state index contributed by atoms with van der Waals surface area (Å²) in [6.45, 7) is 4.39. The molecule has 0 aromatic carbocycles. The zero-order valence-corrected chi connectivity index (χ0v) is 11.7. The van der Waals surface area contributed by atoms with E-state index in [1.54, 1.807) is 13.3 Å². The molecule has 6 nitrogen and oxygen atoms in total. The summed E-state index contributed by atoms with van der Waals surface area (Å²) in [5, 5.41) is 4.27. The van der Waals surface area contributed by atoms with E-state index in [-0.39, 0.29) is 6.04 Å². The molecule has 0 fully saturated rings. The number of nitrogens with one attached hydrogen (secondary N) is 1.